The van der Waals surface area contributed by atoms with Gasteiger partial charge in [0.2, 0.25) is 6.79 Å². The molecule has 0 bridgehead atoms. The number of ether oxygens (including phenoxy) is 3. The van der Waals surface area contributed by atoms with Crippen molar-refractivity contribution in [2.24, 2.45) is 0 Å². The molecule has 0 aliphatic carbocycles. The number of fused-ring (bicyclic) bond motifs is 1. The second-order valence-electron chi connectivity index (χ2n) is 3.46. The van der Waals surface area contributed by atoms with E-state index in [0.717, 1.165) is 0 Å². The first kappa shape index (κ1) is 12.0. The van der Waals surface area contributed by atoms with Crippen LogP contribution in [0.2, 0.25) is 0 Å². The van der Waals surface area contributed by atoms with Crippen molar-refractivity contribution in [2.45, 2.75) is 13.0 Å². The minimum Gasteiger partial charge on any atom is -0.454 e. The normalized spacial score (nSPS) is 14.7. The molecule has 1 aliphatic heterocycles. The molecule has 1 aromatic carbocycles. The highest BCUT2D eigenvalue weighted by atomic mass is 32.1. The standard InChI is InChI=1S/C10H11NO5S/c1-6(16-5-17)7-2-9-10(15-4-14-9)3-8(7)11(12)13/h2-3,6,17H,4-5H2,1H3. The maximum Gasteiger partial charge on any atom is 0.279 e. The van der Waals surface area contributed by atoms with Gasteiger partial charge in [-0.2, -0.15) is 12.6 Å². The average Bonchev–Trinajstić information content (AvgIpc) is 2.74. The SMILES string of the molecule is CC(OCS)c1cc2c(cc1[N+](=O)[O-])OCO2. The van der Waals surface area contributed by atoms with E-state index in [0.29, 0.717) is 17.1 Å². The highest BCUT2D eigenvalue weighted by Gasteiger charge is 2.26. The monoisotopic (exact) mass is 257 g/mol. The van der Waals surface area contributed by atoms with Gasteiger partial charge in [-0.25, -0.2) is 0 Å². The van der Waals surface area contributed by atoms with E-state index in [9.17, 15) is 10.1 Å². The van der Waals surface area contributed by atoms with Crippen LogP contribution >= 0.6 is 12.6 Å². The summed E-state index contributed by atoms with van der Waals surface area (Å²) in [4.78, 5) is 10.5. The van der Waals surface area contributed by atoms with Gasteiger partial charge in [0.1, 0.15) is 0 Å². The zero-order valence-electron chi connectivity index (χ0n) is 9.08. The molecule has 1 aromatic rings. The Hall–Kier alpha value is -1.47. The Bertz CT molecular complexity index is 451. The number of nitro benzene ring substituents is 1. The van der Waals surface area contributed by atoms with Gasteiger partial charge in [-0.3, -0.25) is 10.1 Å². The number of rotatable bonds is 4. The second kappa shape index (κ2) is 4.80. The van der Waals surface area contributed by atoms with Crippen LogP contribution in [0.15, 0.2) is 12.1 Å². The summed E-state index contributed by atoms with van der Waals surface area (Å²) in [5.41, 5.74) is 0.414. The largest absolute Gasteiger partial charge is 0.454 e. The summed E-state index contributed by atoms with van der Waals surface area (Å²) >= 11 is 3.93. The minimum atomic E-state index is -0.463. The molecule has 92 valence electrons. The van der Waals surface area contributed by atoms with Crippen LogP contribution < -0.4 is 9.47 Å². The Morgan fingerprint density at radius 1 is 1.53 bits per heavy atom. The molecule has 0 spiro atoms. The summed E-state index contributed by atoms with van der Waals surface area (Å²) in [6.45, 7) is 1.80. The molecular weight excluding hydrogens is 246 g/mol. The van der Waals surface area contributed by atoms with Crippen LogP contribution in [0.5, 0.6) is 11.5 Å². The van der Waals surface area contributed by atoms with Gasteiger partial charge < -0.3 is 14.2 Å². The fourth-order valence-corrected chi connectivity index (χ4v) is 1.86. The van der Waals surface area contributed by atoms with Crippen molar-refractivity contribution >= 4 is 18.3 Å². The summed E-state index contributed by atoms with van der Waals surface area (Å²) in [5, 5.41) is 11.0. The molecule has 2 rings (SSSR count). The molecular formula is C10H11NO5S. The van der Waals surface area contributed by atoms with Crippen LogP contribution in [0.4, 0.5) is 5.69 Å². The van der Waals surface area contributed by atoms with Crippen LogP contribution in [0.3, 0.4) is 0 Å². The van der Waals surface area contributed by atoms with E-state index in [1.807, 2.05) is 0 Å². The maximum absolute atomic E-state index is 11.0. The average molecular weight is 257 g/mol. The number of nitrogens with zero attached hydrogens (tertiary/aromatic N) is 1. The molecule has 1 heterocycles. The van der Waals surface area contributed by atoms with Crippen molar-refractivity contribution in [1.29, 1.82) is 0 Å². The first-order valence-electron chi connectivity index (χ1n) is 4.94. The molecule has 7 heteroatoms. The molecule has 1 aliphatic rings. The van der Waals surface area contributed by atoms with Crippen molar-refractivity contribution in [3.05, 3.63) is 27.8 Å². The van der Waals surface area contributed by atoms with Crippen LogP contribution in [-0.4, -0.2) is 17.7 Å². The smallest absolute Gasteiger partial charge is 0.279 e. The van der Waals surface area contributed by atoms with E-state index < -0.39 is 11.0 Å². The number of hydrogen-bond acceptors (Lipinski definition) is 6. The predicted octanol–water partition coefficient (Wildman–Crippen LogP) is 2.29. The molecule has 0 amide bonds. The van der Waals surface area contributed by atoms with Crippen LogP contribution in [0, 0.1) is 10.1 Å². The van der Waals surface area contributed by atoms with Crippen molar-refractivity contribution in [2.75, 3.05) is 12.7 Å². The molecule has 17 heavy (non-hydrogen) atoms. The third-order valence-electron chi connectivity index (χ3n) is 2.48. The van der Waals surface area contributed by atoms with E-state index in [4.69, 9.17) is 14.2 Å². The molecule has 1 unspecified atom stereocenters. The number of hydrogen-bond donors (Lipinski definition) is 1. The molecule has 1 atom stereocenters. The third kappa shape index (κ3) is 2.29. The van der Waals surface area contributed by atoms with E-state index >= 15 is 0 Å². The number of nitro groups is 1. The molecule has 0 aromatic heterocycles. The van der Waals surface area contributed by atoms with Gasteiger partial charge in [-0.05, 0) is 13.0 Å². The topological polar surface area (TPSA) is 70.8 Å². The Kier molecular flexibility index (Phi) is 3.39. The lowest BCUT2D eigenvalue weighted by Crippen LogP contribution is -2.03. The van der Waals surface area contributed by atoms with Gasteiger partial charge in [-0.15, -0.1) is 0 Å². The van der Waals surface area contributed by atoms with Gasteiger partial charge in [0.25, 0.3) is 5.69 Å². The Morgan fingerprint density at radius 3 is 2.76 bits per heavy atom. The molecule has 0 saturated heterocycles. The van der Waals surface area contributed by atoms with E-state index in [1.54, 1.807) is 13.0 Å². The lowest BCUT2D eigenvalue weighted by atomic mass is 10.1. The Labute approximate surface area is 103 Å². The van der Waals surface area contributed by atoms with E-state index in [2.05, 4.69) is 12.6 Å². The van der Waals surface area contributed by atoms with Crippen molar-refractivity contribution < 1.29 is 19.1 Å². The number of benzene rings is 1. The predicted molar refractivity (Wildman–Crippen MR) is 62.6 cm³/mol. The van der Waals surface area contributed by atoms with Gasteiger partial charge in [0, 0.05) is 0 Å². The van der Waals surface area contributed by atoms with Crippen LogP contribution in [0.25, 0.3) is 0 Å². The molecule has 0 fully saturated rings. The fourth-order valence-electron chi connectivity index (χ4n) is 1.63. The van der Waals surface area contributed by atoms with E-state index in [-0.39, 0.29) is 18.4 Å². The molecule has 6 nitrogen and oxygen atoms in total. The third-order valence-corrected chi connectivity index (χ3v) is 2.63. The number of thiol groups is 1. The lowest BCUT2D eigenvalue weighted by Gasteiger charge is -2.12. The molecule has 0 N–H and O–H groups in total. The zero-order chi connectivity index (χ0) is 12.4. The summed E-state index contributed by atoms with van der Waals surface area (Å²) in [6.07, 6.45) is -0.428. The maximum atomic E-state index is 11.0. The second-order valence-corrected chi connectivity index (χ2v) is 3.72. The first-order valence-corrected chi connectivity index (χ1v) is 5.57. The summed E-state index contributed by atoms with van der Waals surface area (Å²) in [6, 6.07) is 2.94. The summed E-state index contributed by atoms with van der Waals surface area (Å²) in [7, 11) is 0. The molecule has 0 saturated carbocycles. The summed E-state index contributed by atoms with van der Waals surface area (Å²) in [5.74, 6) is 1.07. The van der Waals surface area contributed by atoms with Gasteiger partial charge in [0.15, 0.2) is 11.5 Å². The Morgan fingerprint density at radius 2 is 2.18 bits per heavy atom. The summed E-state index contributed by atoms with van der Waals surface area (Å²) < 4.78 is 15.5. The first-order chi connectivity index (χ1) is 8.13. The van der Waals surface area contributed by atoms with Crippen molar-refractivity contribution in [1.82, 2.24) is 0 Å². The Balaban J connectivity index is 2.45. The zero-order valence-corrected chi connectivity index (χ0v) is 9.98. The minimum absolute atomic E-state index is 0.0384. The van der Waals surface area contributed by atoms with Gasteiger partial charge in [0.05, 0.1) is 28.6 Å². The van der Waals surface area contributed by atoms with Gasteiger partial charge in [-0.1, -0.05) is 0 Å². The highest BCUT2D eigenvalue weighted by molar-refractivity contribution is 7.80. The quantitative estimate of drug-likeness (QED) is 0.388. The van der Waals surface area contributed by atoms with Crippen LogP contribution in [-0.2, 0) is 4.74 Å². The van der Waals surface area contributed by atoms with Crippen LogP contribution in [0.1, 0.15) is 18.6 Å². The van der Waals surface area contributed by atoms with Gasteiger partial charge >= 0.3 is 0 Å². The molecule has 0 radical (unpaired) electrons. The lowest BCUT2D eigenvalue weighted by molar-refractivity contribution is -0.386. The highest BCUT2D eigenvalue weighted by Crippen LogP contribution is 2.40. The fraction of sp³-hybridized carbons (Fsp3) is 0.400. The van der Waals surface area contributed by atoms with E-state index in [1.165, 1.54) is 6.07 Å². The van der Waals surface area contributed by atoms with Crippen molar-refractivity contribution in [3.63, 3.8) is 0 Å². The van der Waals surface area contributed by atoms with Crippen molar-refractivity contribution in [3.8, 4) is 11.5 Å².